The molecule has 0 amide bonds. The molecule has 0 heterocycles. The number of methoxy groups -OCH3 is 2. The molecular formula is C12H18N2O4. The molecule has 1 aromatic carbocycles. The lowest BCUT2D eigenvalue weighted by Crippen LogP contribution is -2.15. The molecule has 0 aliphatic rings. The third-order valence-corrected chi connectivity index (χ3v) is 2.32. The van der Waals surface area contributed by atoms with Crippen molar-refractivity contribution >= 4 is 5.84 Å². The number of hydrogen-bond donors (Lipinski definition) is 2. The first kappa shape index (κ1) is 14.1. The van der Waals surface area contributed by atoms with Gasteiger partial charge in [-0.3, -0.25) is 0 Å². The van der Waals surface area contributed by atoms with Crippen molar-refractivity contribution in [1.29, 1.82) is 0 Å². The highest BCUT2D eigenvalue weighted by Crippen LogP contribution is 2.24. The number of oxime groups is 1. The summed E-state index contributed by atoms with van der Waals surface area (Å²) in [6.45, 7) is 1.09. The maximum absolute atomic E-state index is 8.70. The van der Waals surface area contributed by atoms with Gasteiger partial charge in [-0.15, -0.1) is 0 Å². The fourth-order valence-electron chi connectivity index (χ4n) is 1.40. The molecule has 0 aliphatic heterocycles. The zero-order valence-electron chi connectivity index (χ0n) is 10.5. The summed E-state index contributed by atoms with van der Waals surface area (Å²) in [7, 11) is 3.20. The van der Waals surface area contributed by atoms with Crippen molar-refractivity contribution < 1.29 is 19.4 Å². The molecular weight excluding hydrogens is 236 g/mol. The van der Waals surface area contributed by atoms with Crippen molar-refractivity contribution in [3.05, 3.63) is 23.8 Å². The second kappa shape index (κ2) is 7.39. The summed E-state index contributed by atoms with van der Waals surface area (Å²) in [5.41, 5.74) is 6.10. The number of nitrogens with two attached hydrogens (primary N) is 1. The van der Waals surface area contributed by atoms with Crippen LogP contribution in [0.5, 0.6) is 11.5 Å². The molecule has 6 nitrogen and oxygen atoms in total. The summed E-state index contributed by atoms with van der Waals surface area (Å²) < 4.78 is 15.6. The van der Waals surface area contributed by atoms with Gasteiger partial charge >= 0.3 is 0 Å². The lowest BCUT2D eigenvalue weighted by molar-refractivity contribution is 0.172. The Hall–Kier alpha value is -1.95. The Labute approximate surface area is 106 Å². The molecule has 0 saturated heterocycles. The van der Waals surface area contributed by atoms with E-state index in [-0.39, 0.29) is 5.84 Å². The van der Waals surface area contributed by atoms with E-state index in [1.54, 1.807) is 32.4 Å². The zero-order valence-corrected chi connectivity index (χ0v) is 10.5. The van der Waals surface area contributed by atoms with Gasteiger partial charge in [0.1, 0.15) is 11.5 Å². The van der Waals surface area contributed by atoms with Gasteiger partial charge in [0.2, 0.25) is 0 Å². The molecule has 3 N–H and O–H groups in total. The minimum Gasteiger partial charge on any atom is -0.497 e. The summed E-state index contributed by atoms with van der Waals surface area (Å²) in [4.78, 5) is 0. The van der Waals surface area contributed by atoms with Crippen molar-refractivity contribution in [1.82, 2.24) is 0 Å². The molecule has 1 rings (SSSR count). The highest BCUT2D eigenvalue weighted by Gasteiger charge is 2.10. The Kier molecular flexibility index (Phi) is 5.79. The van der Waals surface area contributed by atoms with Gasteiger partial charge in [0.05, 0.1) is 19.3 Å². The topological polar surface area (TPSA) is 86.3 Å². The van der Waals surface area contributed by atoms with Crippen LogP contribution in [0.25, 0.3) is 0 Å². The monoisotopic (exact) mass is 254 g/mol. The molecule has 100 valence electrons. The Balaban J connectivity index is 2.83. The quantitative estimate of drug-likeness (QED) is 0.251. The minimum atomic E-state index is -0.000561. The number of benzene rings is 1. The van der Waals surface area contributed by atoms with Crippen LogP contribution in [-0.4, -0.2) is 38.5 Å². The molecule has 0 aromatic heterocycles. The summed E-state index contributed by atoms with van der Waals surface area (Å²) >= 11 is 0. The predicted octanol–water partition coefficient (Wildman–Crippen LogP) is 1.20. The van der Waals surface area contributed by atoms with E-state index in [2.05, 4.69) is 5.16 Å². The van der Waals surface area contributed by atoms with Crippen LogP contribution in [-0.2, 0) is 4.74 Å². The van der Waals surface area contributed by atoms with Gasteiger partial charge in [0.15, 0.2) is 5.84 Å². The van der Waals surface area contributed by atoms with E-state index in [1.165, 1.54) is 0 Å². The van der Waals surface area contributed by atoms with Crippen LogP contribution in [0.2, 0.25) is 0 Å². The summed E-state index contributed by atoms with van der Waals surface area (Å²) in [5.74, 6) is 1.16. The van der Waals surface area contributed by atoms with E-state index in [1.807, 2.05) is 0 Å². The number of nitrogens with zero attached hydrogens (tertiary/aromatic N) is 1. The Morgan fingerprint density at radius 2 is 2.11 bits per heavy atom. The number of ether oxygens (including phenoxy) is 3. The maximum atomic E-state index is 8.70. The molecule has 0 atom stereocenters. The van der Waals surface area contributed by atoms with Crippen molar-refractivity contribution in [2.45, 2.75) is 6.42 Å². The number of amidine groups is 1. The predicted molar refractivity (Wildman–Crippen MR) is 67.5 cm³/mol. The van der Waals surface area contributed by atoms with E-state index >= 15 is 0 Å². The maximum Gasteiger partial charge on any atom is 0.173 e. The molecule has 0 radical (unpaired) electrons. The normalized spacial score (nSPS) is 11.3. The molecule has 0 bridgehead atoms. The van der Waals surface area contributed by atoms with E-state index in [0.29, 0.717) is 30.3 Å². The SMILES string of the molecule is COCCCOc1cc(OC)ccc1/C(N)=N/O. The molecule has 0 saturated carbocycles. The van der Waals surface area contributed by atoms with E-state index < -0.39 is 0 Å². The van der Waals surface area contributed by atoms with Gasteiger partial charge in [-0.05, 0) is 12.1 Å². The second-order valence-electron chi connectivity index (χ2n) is 3.54. The van der Waals surface area contributed by atoms with Crippen molar-refractivity contribution in [2.75, 3.05) is 27.4 Å². The van der Waals surface area contributed by atoms with E-state index in [4.69, 9.17) is 25.2 Å². The molecule has 0 unspecified atom stereocenters. The summed E-state index contributed by atoms with van der Waals surface area (Å²) in [6.07, 6.45) is 0.753. The largest absolute Gasteiger partial charge is 0.497 e. The Morgan fingerprint density at radius 3 is 2.72 bits per heavy atom. The summed E-state index contributed by atoms with van der Waals surface area (Å²) in [5, 5.41) is 11.7. The van der Waals surface area contributed by atoms with Crippen molar-refractivity contribution in [2.24, 2.45) is 10.9 Å². The average molecular weight is 254 g/mol. The number of hydrogen-bond acceptors (Lipinski definition) is 5. The van der Waals surface area contributed by atoms with Gasteiger partial charge in [-0.2, -0.15) is 0 Å². The molecule has 0 fully saturated rings. The fourth-order valence-corrected chi connectivity index (χ4v) is 1.40. The van der Waals surface area contributed by atoms with Gasteiger partial charge < -0.3 is 25.2 Å². The number of rotatable bonds is 7. The standard InChI is InChI=1S/C12H18N2O4/c1-16-6-3-7-18-11-8-9(17-2)4-5-10(11)12(13)14-15/h4-5,8,15H,3,6-7H2,1-2H3,(H2,13,14). The molecule has 1 aromatic rings. The third kappa shape index (κ3) is 3.81. The Bertz CT molecular complexity index is 407. The average Bonchev–Trinajstić information content (AvgIpc) is 2.42. The minimum absolute atomic E-state index is 0.000561. The fraction of sp³-hybridized carbons (Fsp3) is 0.417. The lowest BCUT2D eigenvalue weighted by atomic mass is 10.1. The zero-order chi connectivity index (χ0) is 13.4. The molecule has 0 aliphatic carbocycles. The molecule has 0 spiro atoms. The summed E-state index contributed by atoms with van der Waals surface area (Å²) in [6, 6.07) is 5.09. The van der Waals surface area contributed by atoms with Gasteiger partial charge in [-0.1, -0.05) is 5.16 Å². The van der Waals surface area contributed by atoms with E-state index in [9.17, 15) is 0 Å². The smallest absolute Gasteiger partial charge is 0.173 e. The molecule has 6 heteroatoms. The highest BCUT2D eigenvalue weighted by molar-refractivity contribution is 5.99. The van der Waals surface area contributed by atoms with Crippen molar-refractivity contribution in [3.8, 4) is 11.5 Å². The third-order valence-electron chi connectivity index (χ3n) is 2.32. The van der Waals surface area contributed by atoms with Crippen LogP contribution in [0, 0.1) is 0 Å². The lowest BCUT2D eigenvalue weighted by Gasteiger charge is -2.12. The molecule has 18 heavy (non-hydrogen) atoms. The van der Waals surface area contributed by atoms with Crippen LogP contribution >= 0.6 is 0 Å². The first-order valence-corrected chi connectivity index (χ1v) is 5.50. The van der Waals surface area contributed by atoms with Gasteiger partial charge in [0.25, 0.3) is 0 Å². The first-order valence-electron chi connectivity index (χ1n) is 5.50. The van der Waals surface area contributed by atoms with Gasteiger partial charge in [-0.25, -0.2) is 0 Å². The van der Waals surface area contributed by atoms with Crippen molar-refractivity contribution in [3.63, 3.8) is 0 Å². The van der Waals surface area contributed by atoms with Crippen LogP contribution in [0.3, 0.4) is 0 Å². The van der Waals surface area contributed by atoms with Crippen LogP contribution in [0.1, 0.15) is 12.0 Å². The second-order valence-corrected chi connectivity index (χ2v) is 3.54. The Morgan fingerprint density at radius 1 is 1.33 bits per heavy atom. The van der Waals surface area contributed by atoms with Crippen LogP contribution < -0.4 is 15.2 Å². The van der Waals surface area contributed by atoms with Crippen LogP contribution in [0.4, 0.5) is 0 Å². The highest BCUT2D eigenvalue weighted by atomic mass is 16.5. The van der Waals surface area contributed by atoms with Gasteiger partial charge in [0, 0.05) is 26.2 Å². The first-order chi connectivity index (χ1) is 8.72. The van der Waals surface area contributed by atoms with Crippen LogP contribution in [0.15, 0.2) is 23.4 Å². The van der Waals surface area contributed by atoms with E-state index in [0.717, 1.165) is 6.42 Å².